The second-order valence-corrected chi connectivity index (χ2v) is 4.46. The smallest absolute Gasteiger partial charge is 0.169 e. The number of hydrogen-bond donors (Lipinski definition) is 1. The lowest BCUT2D eigenvalue weighted by molar-refractivity contribution is 0.122. The topological polar surface area (TPSA) is 38.7 Å². The summed E-state index contributed by atoms with van der Waals surface area (Å²) < 4.78 is 50.1. The molecule has 0 amide bonds. The van der Waals surface area contributed by atoms with E-state index in [1.165, 1.54) is 19.1 Å². The molecule has 0 bridgehead atoms. The maximum Gasteiger partial charge on any atom is 0.169 e. The Kier molecular flexibility index (Phi) is 4.70. The van der Waals surface area contributed by atoms with Gasteiger partial charge in [-0.05, 0) is 19.1 Å². The molecular weight excluding hydrogens is 285 g/mol. The zero-order valence-corrected chi connectivity index (χ0v) is 11.1. The molecule has 0 saturated heterocycles. The number of rotatable bonds is 5. The quantitative estimate of drug-likeness (QED) is 0.915. The molecule has 112 valence electrons. The van der Waals surface area contributed by atoms with E-state index in [-0.39, 0.29) is 23.9 Å². The van der Waals surface area contributed by atoms with E-state index >= 15 is 0 Å². The first-order valence-electron chi connectivity index (χ1n) is 6.18. The van der Waals surface area contributed by atoms with Crippen LogP contribution < -0.4 is 9.47 Å². The van der Waals surface area contributed by atoms with Crippen molar-refractivity contribution in [2.75, 3.05) is 6.61 Å². The molecule has 0 aromatic heterocycles. The highest BCUT2D eigenvalue weighted by atomic mass is 19.1. The van der Waals surface area contributed by atoms with Crippen molar-refractivity contribution in [3.63, 3.8) is 0 Å². The zero-order chi connectivity index (χ0) is 15.4. The molecule has 1 N–H and O–H groups in total. The lowest BCUT2D eigenvalue weighted by Crippen LogP contribution is -2.12. The summed E-state index contributed by atoms with van der Waals surface area (Å²) in [6.45, 7) is 1.56. The summed E-state index contributed by atoms with van der Waals surface area (Å²) in [6, 6.07) is 6.34. The third kappa shape index (κ3) is 4.39. The van der Waals surface area contributed by atoms with Crippen molar-refractivity contribution in [3.8, 4) is 17.2 Å². The van der Waals surface area contributed by atoms with Gasteiger partial charge < -0.3 is 14.6 Å². The highest BCUT2D eigenvalue weighted by molar-refractivity contribution is 5.37. The molecule has 2 aromatic rings. The first-order valence-corrected chi connectivity index (χ1v) is 6.18. The average molecular weight is 298 g/mol. The molecule has 0 aliphatic carbocycles. The van der Waals surface area contributed by atoms with E-state index in [9.17, 15) is 13.2 Å². The first-order chi connectivity index (χ1) is 9.94. The van der Waals surface area contributed by atoms with Crippen LogP contribution >= 0.6 is 0 Å². The molecule has 0 fully saturated rings. The molecule has 0 spiro atoms. The standard InChI is InChI=1S/C15H13F3O3/c1-9(19)8-20-12-2-3-15(14(18)7-12)21-13-5-10(16)4-11(17)6-13/h2-7,9,19H,8H2,1H3. The van der Waals surface area contributed by atoms with Crippen molar-refractivity contribution < 1.29 is 27.8 Å². The summed E-state index contributed by atoms with van der Waals surface area (Å²) in [7, 11) is 0. The van der Waals surface area contributed by atoms with Gasteiger partial charge in [-0.1, -0.05) is 0 Å². The van der Waals surface area contributed by atoms with Gasteiger partial charge in [0.05, 0.1) is 6.10 Å². The van der Waals surface area contributed by atoms with Crippen LogP contribution in [0.1, 0.15) is 6.92 Å². The van der Waals surface area contributed by atoms with Crippen LogP contribution in [0.4, 0.5) is 13.2 Å². The van der Waals surface area contributed by atoms with Gasteiger partial charge >= 0.3 is 0 Å². The van der Waals surface area contributed by atoms with E-state index in [1.54, 1.807) is 0 Å². The van der Waals surface area contributed by atoms with Gasteiger partial charge in [-0.3, -0.25) is 0 Å². The van der Waals surface area contributed by atoms with E-state index < -0.39 is 23.6 Å². The lowest BCUT2D eigenvalue weighted by Gasteiger charge is -2.11. The summed E-state index contributed by atoms with van der Waals surface area (Å²) in [6.07, 6.45) is -0.681. The van der Waals surface area contributed by atoms with Gasteiger partial charge in [0.15, 0.2) is 11.6 Å². The summed E-state index contributed by atoms with van der Waals surface area (Å²) in [5.41, 5.74) is 0. The Labute approximate surface area is 119 Å². The zero-order valence-electron chi connectivity index (χ0n) is 11.1. The predicted octanol–water partition coefficient (Wildman–Crippen LogP) is 3.66. The van der Waals surface area contributed by atoms with Crippen molar-refractivity contribution in [2.24, 2.45) is 0 Å². The largest absolute Gasteiger partial charge is 0.491 e. The van der Waals surface area contributed by atoms with E-state index in [0.717, 1.165) is 18.2 Å². The fourth-order valence-corrected chi connectivity index (χ4v) is 1.59. The molecule has 2 rings (SSSR count). The van der Waals surface area contributed by atoms with Gasteiger partial charge in [0.1, 0.15) is 29.7 Å². The van der Waals surface area contributed by atoms with Crippen LogP contribution in [0.15, 0.2) is 36.4 Å². The Morgan fingerprint density at radius 2 is 1.67 bits per heavy atom. The maximum atomic E-state index is 13.8. The molecule has 1 atom stereocenters. The monoisotopic (exact) mass is 298 g/mol. The molecule has 0 aliphatic rings. The van der Waals surface area contributed by atoms with Crippen LogP contribution in [0.2, 0.25) is 0 Å². The Morgan fingerprint density at radius 3 is 2.24 bits per heavy atom. The Bertz CT molecular complexity index is 609. The van der Waals surface area contributed by atoms with E-state index in [4.69, 9.17) is 14.6 Å². The molecular formula is C15H13F3O3. The second kappa shape index (κ2) is 6.49. The fraction of sp³-hybridized carbons (Fsp3) is 0.200. The molecule has 0 aliphatic heterocycles. The Hall–Kier alpha value is -2.21. The summed E-state index contributed by atoms with van der Waals surface area (Å²) in [4.78, 5) is 0. The van der Waals surface area contributed by atoms with Crippen molar-refractivity contribution in [1.82, 2.24) is 0 Å². The van der Waals surface area contributed by atoms with E-state index in [2.05, 4.69) is 0 Å². The molecule has 6 heteroatoms. The predicted molar refractivity (Wildman–Crippen MR) is 70.0 cm³/mol. The summed E-state index contributed by atoms with van der Waals surface area (Å²) in [5, 5.41) is 9.07. The van der Waals surface area contributed by atoms with Crippen LogP contribution in [0, 0.1) is 17.5 Å². The second-order valence-electron chi connectivity index (χ2n) is 4.46. The third-order valence-electron chi connectivity index (χ3n) is 2.46. The van der Waals surface area contributed by atoms with E-state index in [0.29, 0.717) is 6.07 Å². The Balaban J connectivity index is 2.13. The van der Waals surface area contributed by atoms with Crippen molar-refractivity contribution in [2.45, 2.75) is 13.0 Å². The molecule has 2 aromatic carbocycles. The van der Waals surface area contributed by atoms with E-state index in [1.807, 2.05) is 0 Å². The summed E-state index contributed by atoms with van der Waals surface area (Å²) >= 11 is 0. The van der Waals surface area contributed by atoms with Gasteiger partial charge in [0.25, 0.3) is 0 Å². The molecule has 21 heavy (non-hydrogen) atoms. The van der Waals surface area contributed by atoms with Crippen molar-refractivity contribution in [1.29, 1.82) is 0 Å². The van der Waals surface area contributed by atoms with Crippen LogP contribution in [0.5, 0.6) is 17.2 Å². The van der Waals surface area contributed by atoms with Crippen molar-refractivity contribution in [3.05, 3.63) is 53.8 Å². The van der Waals surface area contributed by atoms with Crippen molar-refractivity contribution >= 4 is 0 Å². The van der Waals surface area contributed by atoms with Gasteiger partial charge in [0, 0.05) is 24.3 Å². The number of hydrogen-bond acceptors (Lipinski definition) is 3. The average Bonchev–Trinajstić information content (AvgIpc) is 2.38. The molecule has 0 saturated carbocycles. The SMILES string of the molecule is CC(O)COc1ccc(Oc2cc(F)cc(F)c2)c(F)c1. The number of aliphatic hydroxyl groups is 1. The van der Waals surface area contributed by atoms with Crippen LogP contribution in [-0.2, 0) is 0 Å². The minimum Gasteiger partial charge on any atom is -0.491 e. The number of ether oxygens (including phenoxy) is 2. The summed E-state index contributed by atoms with van der Waals surface area (Å²) in [5.74, 6) is -2.51. The first kappa shape index (κ1) is 15.2. The number of halogens is 3. The molecule has 0 radical (unpaired) electrons. The minimum atomic E-state index is -0.817. The molecule has 0 heterocycles. The van der Waals surface area contributed by atoms with Gasteiger partial charge in [0.2, 0.25) is 0 Å². The highest BCUT2D eigenvalue weighted by Gasteiger charge is 2.09. The normalized spacial score (nSPS) is 12.0. The van der Waals surface area contributed by atoms with Crippen LogP contribution in [-0.4, -0.2) is 17.8 Å². The van der Waals surface area contributed by atoms with Gasteiger partial charge in [-0.15, -0.1) is 0 Å². The van der Waals surface area contributed by atoms with Gasteiger partial charge in [-0.2, -0.15) is 0 Å². The Morgan fingerprint density at radius 1 is 1.00 bits per heavy atom. The number of benzene rings is 2. The van der Waals surface area contributed by atoms with Crippen LogP contribution in [0.3, 0.4) is 0 Å². The minimum absolute atomic E-state index is 0.0226. The number of aliphatic hydroxyl groups excluding tert-OH is 1. The fourth-order valence-electron chi connectivity index (χ4n) is 1.59. The molecule has 1 unspecified atom stereocenters. The third-order valence-corrected chi connectivity index (χ3v) is 2.46. The van der Waals surface area contributed by atoms with Gasteiger partial charge in [-0.25, -0.2) is 13.2 Å². The molecule has 3 nitrogen and oxygen atoms in total. The lowest BCUT2D eigenvalue weighted by atomic mass is 10.3. The van der Waals surface area contributed by atoms with Crippen LogP contribution in [0.25, 0.3) is 0 Å². The highest BCUT2D eigenvalue weighted by Crippen LogP contribution is 2.28. The maximum absolute atomic E-state index is 13.8.